The van der Waals surface area contributed by atoms with Crippen LogP contribution in [0.2, 0.25) is 0 Å². The first-order valence-electron chi connectivity index (χ1n) is 30.5. The van der Waals surface area contributed by atoms with Crippen molar-refractivity contribution in [3.8, 4) is 0 Å². The number of hydrogen-bond donors (Lipinski definition) is 0. The minimum Gasteiger partial charge on any atom is -0.462 e. The fourth-order valence-electron chi connectivity index (χ4n) is 8.17. The molecule has 1 unspecified atom stereocenters. The van der Waals surface area contributed by atoms with Gasteiger partial charge in [0.05, 0.1) is 0 Å². The molecule has 0 aliphatic carbocycles. The van der Waals surface area contributed by atoms with Crippen molar-refractivity contribution in [3.63, 3.8) is 0 Å². The molecule has 0 saturated carbocycles. The van der Waals surface area contributed by atoms with Crippen LogP contribution >= 0.6 is 0 Å². The van der Waals surface area contributed by atoms with Crippen LogP contribution in [-0.4, -0.2) is 37.2 Å². The highest BCUT2D eigenvalue weighted by molar-refractivity contribution is 5.71. The summed E-state index contributed by atoms with van der Waals surface area (Å²) < 4.78 is 16.8. The van der Waals surface area contributed by atoms with E-state index in [9.17, 15) is 14.4 Å². The molecule has 0 spiro atoms. The number of esters is 3. The van der Waals surface area contributed by atoms with Crippen molar-refractivity contribution in [1.82, 2.24) is 0 Å². The predicted molar refractivity (Wildman–Crippen MR) is 320 cm³/mol. The Bertz CT molecular complexity index is 1550. The van der Waals surface area contributed by atoms with E-state index in [0.717, 1.165) is 128 Å². The first kappa shape index (κ1) is 69.8. The Labute approximate surface area is 456 Å². The van der Waals surface area contributed by atoms with Gasteiger partial charge in [0.25, 0.3) is 0 Å². The number of allylic oxidation sites excluding steroid dienone is 20. The van der Waals surface area contributed by atoms with Crippen LogP contribution in [0.5, 0.6) is 0 Å². The summed E-state index contributed by atoms with van der Waals surface area (Å²) in [5, 5.41) is 0. The topological polar surface area (TPSA) is 78.9 Å². The lowest BCUT2D eigenvalue weighted by molar-refractivity contribution is -0.167. The molecule has 0 aromatic heterocycles. The lowest BCUT2D eigenvalue weighted by Crippen LogP contribution is -2.30. The fraction of sp³-hybridized carbons (Fsp3) is 0.662. The zero-order valence-corrected chi connectivity index (χ0v) is 48.1. The third-order valence-corrected chi connectivity index (χ3v) is 12.7. The Morgan fingerprint density at radius 3 is 0.865 bits per heavy atom. The van der Waals surface area contributed by atoms with Crippen molar-refractivity contribution < 1.29 is 28.6 Å². The SMILES string of the molecule is CC/C=C\C/C=C\C/C=C\C/C=C\C/C=C\CCCCCCCCCCCCCCCCCC(=O)OCC(COC(=O)CCCCCCC/C=C\CCC)OC(=O)CCCC/C=C\C/C=C\C/C=C\C/C=C\CC. The van der Waals surface area contributed by atoms with Crippen molar-refractivity contribution in [2.75, 3.05) is 13.2 Å². The number of carbonyl (C=O) groups is 3. The molecule has 0 fully saturated rings. The summed E-state index contributed by atoms with van der Waals surface area (Å²) in [5.41, 5.74) is 0. The number of rotatable bonds is 54. The Hall–Kier alpha value is -4.19. The van der Waals surface area contributed by atoms with Crippen molar-refractivity contribution in [3.05, 3.63) is 122 Å². The summed E-state index contributed by atoms with van der Waals surface area (Å²) in [7, 11) is 0. The molecule has 0 saturated heterocycles. The first-order valence-corrected chi connectivity index (χ1v) is 30.5. The third-order valence-electron chi connectivity index (χ3n) is 12.7. The number of ether oxygens (including phenoxy) is 3. The van der Waals surface area contributed by atoms with E-state index in [1.165, 1.54) is 96.3 Å². The van der Waals surface area contributed by atoms with E-state index < -0.39 is 6.10 Å². The van der Waals surface area contributed by atoms with Crippen LogP contribution in [0.15, 0.2) is 122 Å². The predicted octanol–water partition coefficient (Wildman–Crippen LogP) is 20.8. The molecule has 0 aliphatic rings. The average Bonchev–Trinajstić information content (AvgIpc) is 3.40. The fourth-order valence-corrected chi connectivity index (χ4v) is 8.17. The van der Waals surface area contributed by atoms with Crippen LogP contribution in [0, 0.1) is 0 Å². The van der Waals surface area contributed by atoms with Gasteiger partial charge in [-0.25, -0.2) is 0 Å². The summed E-state index contributed by atoms with van der Waals surface area (Å²) in [5.74, 6) is -0.951. The monoisotopic (exact) mass is 1020 g/mol. The molecule has 74 heavy (non-hydrogen) atoms. The minimum atomic E-state index is -0.804. The van der Waals surface area contributed by atoms with Gasteiger partial charge in [0.2, 0.25) is 0 Å². The van der Waals surface area contributed by atoms with E-state index in [2.05, 4.69) is 142 Å². The van der Waals surface area contributed by atoms with Crippen molar-refractivity contribution in [2.24, 2.45) is 0 Å². The Balaban J connectivity index is 4.19. The minimum absolute atomic E-state index is 0.0983. The summed E-state index contributed by atoms with van der Waals surface area (Å²) in [6.07, 6.45) is 85.1. The Kier molecular flexibility index (Phi) is 57.9. The van der Waals surface area contributed by atoms with Gasteiger partial charge in [-0.15, -0.1) is 0 Å². The standard InChI is InChI=1S/C68H112O6/c1-4-7-10-13-16-19-22-24-26-27-28-29-30-31-32-33-34-35-36-37-38-39-40-41-43-44-46-49-52-55-58-61-67(70)73-64-65(63-72-66(69)60-57-54-51-48-21-18-15-12-9-6-3)74-68(71)62-59-56-53-50-47-45-42-25-23-20-17-14-11-8-5-2/h7-8,10-12,15-17,19-20,24-26,28-29,31-32,42,47,50,65H,4-6,9,13-14,18,21-23,27,30,33-41,43-46,48-49,51-64H2,1-3H3/b10-7-,11-8-,15-12-,19-16-,20-17-,26-24-,29-28-,32-31-,42-25-,50-47-. The molecule has 0 heterocycles. The number of carbonyl (C=O) groups excluding carboxylic acids is 3. The van der Waals surface area contributed by atoms with E-state index in [-0.39, 0.29) is 37.5 Å². The van der Waals surface area contributed by atoms with Crippen LogP contribution in [0.1, 0.15) is 271 Å². The molecule has 6 nitrogen and oxygen atoms in total. The molecule has 0 rings (SSSR count). The van der Waals surface area contributed by atoms with Gasteiger partial charge in [-0.1, -0.05) is 251 Å². The van der Waals surface area contributed by atoms with Crippen LogP contribution in [0.4, 0.5) is 0 Å². The highest BCUT2D eigenvalue weighted by Crippen LogP contribution is 2.16. The molecule has 0 N–H and O–H groups in total. The van der Waals surface area contributed by atoms with Crippen LogP contribution < -0.4 is 0 Å². The molecule has 1 atom stereocenters. The number of hydrogen-bond acceptors (Lipinski definition) is 6. The van der Waals surface area contributed by atoms with Gasteiger partial charge in [0, 0.05) is 19.3 Å². The normalized spacial score (nSPS) is 13.0. The van der Waals surface area contributed by atoms with E-state index in [1.54, 1.807) is 0 Å². The molecule has 0 aromatic carbocycles. The second-order valence-electron chi connectivity index (χ2n) is 19.8. The zero-order valence-electron chi connectivity index (χ0n) is 48.1. The van der Waals surface area contributed by atoms with Gasteiger partial charge in [0.15, 0.2) is 6.10 Å². The summed E-state index contributed by atoms with van der Waals surface area (Å²) >= 11 is 0. The van der Waals surface area contributed by atoms with E-state index in [0.29, 0.717) is 19.3 Å². The van der Waals surface area contributed by atoms with Crippen LogP contribution in [0.3, 0.4) is 0 Å². The lowest BCUT2D eigenvalue weighted by atomic mass is 10.0. The maximum absolute atomic E-state index is 12.8. The molecule has 0 aromatic rings. The summed E-state index contributed by atoms with van der Waals surface area (Å²) in [4.78, 5) is 38.1. The molecular formula is C68H112O6. The third kappa shape index (κ3) is 58.7. The summed E-state index contributed by atoms with van der Waals surface area (Å²) in [6, 6.07) is 0. The maximum atomic E-state index is 12.8. The van der Waals surface area contributed by atoms with Crippen molar-refractivity contribution in [2.45, 2.75) is 277 Å². The molecule has 0 radical (unpaired) electrons. The number of unbranched alkanes of at least 4 members (excludes halogenated alkanes) is 23. The maximum Gasteiger partial charge on any atom is 0.306 e. The van der Waals surface area contributed by atoms with Crippen molar-refractivity contribution in [1.29, 1.82) is 0 Å². The first-order chi connectivity index (χ1) is 36.5. The highest BCUT2D eigenvalue weighted by atomic mass is 16.6. The van der Waals surface area contributed by atoms with Crippen LogP contribution in [0.25, 0.3) is 0 Å². The largest absolute Gasteiger partial charge is 0.462 e. The van der Waals surface area contributed by atoms with E-state index in [4.69, 9.17) is 14.2 Å². The second kappa shape index (κ2) is 61.4. The lowest BCUT2D eigenvalue weighted by Gasteiger charge is -2.18. The van der Waals surface area contributed by atoms with Crippen LogP contribution in [-0.2, 0) is 28.6 Å². The molecule has 6 heteroatoms. The van der Waals surface area contributed by atoms with E-state index in [1.807, 2.05) is 0 Å². The quantitative estimate of drug-likeness (QED) is 0.0261. The average molecular weight is 1030 g/mol. The van der Waals surface area contributed by atoms with Gasteiger partial charge < -0.3 is 14.2 Å². The van der Waals surface area contributed by atoms with Gasteiger partial charge in [-0.2, -0.15) is 0 Å². The smallest absolute Gasteiger partial charge is 0.306 e. The second-order valence-corrected chi connectivity index (χ2v) is 19.8. The molecule has 0 aliphatic heterocycles. The van der Waals surface area contributed by atoms with Gasteiger partial charge in [-0.3, -0.25) is 14.4 Å². The van der Waals surface area contributed by atoms with Crippen molar-refractivity contribution >= 4 is 17.9 Å². The Morgan fingerprint density at radius 2 is 0.527 bits per heavy atom. The molecular weight excluding hydrogens is 913 g/mol. The van der Waals surface area contributed by atoms with Gasteiger partial charge in [-0.05, 0) is 122 Å². The molecule has 0 bridgehead atoms. The highest BCUT2D eigenvalue weighted by Gasteiger charge is 2.19. The van der Waals surface area contributed by atoms with E-state index >= 15 is 0 Å². The zero-order chi connectivity index (χ0) is 53.6. The molecule has 0 amide bonds. The summed E-state index contributed by atoms with van der Waals surface area (Å²) in [6.45, 7) is 6.31. The Morgan fingerprint density at radius 1 is 0.284 bits per heavy atom. The van der Waals surface area contributed by atoms with Gasteiger partial charge >= 0.3 is 17.9 Å². The molecule has 420 valence electrons. The van der Waals surface area contributed by atoms with Gasteiger partial charge in [0.1, 0.15) is 13.2 Å².